The van der Waals surface area contributed by atoms with Crippen molar-refractivity contribution in [1.29, 1.82) is 0 Å². The molecule has 5 nitrogen and oxygen atoms in total. The molecule has 2 aromatic rings. The van der Waals surface area contributed by atoms with E-state index in [2.05, 4.69) is 10.6 Å². The standard InChI is InChI=1S/C24H30N2O3/c1-4-29-21-14-12-20(13-15-21)25-23(27)18-8-10-19(11-9-18)24(28)26-22-16(2)6-5-7-17(22)3/h5-7,12-15,18-19H,4,8-11H2,1-3H3,(H,25,27)(H,26,28). The third kappa shape index (κ3) is 5.37. The Hall–Kier alpha value is -2.82. The van der Waals surface area contributed by atoms with Gasteiger partial charge in [-0.15, -0.1) is 0 Å². The van der Waals surface area contributed by atoms with E-state index in [0.717, 1.165) is 53.9 Å². The minimum absolute atomic E-state index is 0.0303. The van der Waals surface area contributed by atoms with Crippen molar-refractivity contribution in [2.24, 2.45) is 11.8 Å². The Morgan fingerprint density at radius 2 is 1.38 bits per heavy atom. The maximum Gasteiger partial charge on any atom is 0.227 e. The molecule has 1 aliphatic rings. The second kappa shape index (κ2) is 9.59. The van der Waals surface area contributed by atoms with Gasteiger partial charge in [0.15, 0.2) is 0 Å². The minimum Gasteiger partial charge on any atom is -0.494 e. The van der Waals surface area contributed by atoms with Crippen molar-refractivity contribution in [3.63, 3.8) is 0 Å². The molecule has 0 aromatic heterocycles. The predicted molar refractivity (Wildman–Crippen MR) is 116 cm³/mol. The van der Waals surface area contributed by atoms with Gasteiger partial charge in [0.05, 0.1) is 6.61 Å². The lowest BCUT2D eigenvalue weighted by Gasteiger charge is -2.27. The number of ether oxygens (including phenoxy) is 1. The van der Waals surface area contributed by atoms with Crippen LogP contribution in [-0.2, 0) is 9.59 Å². The monoisotopic (exact) mass is 394 g/mol. The van der Waals surface area contributed by atoms with E-state index in [4.69, 9.17) is 4.74 Å². The highest BCUT2D eigenvalue weighted by atomic mass is 16.5. The number of hydrogen-bond donors (Lipinski definition) is 2. The first kappa shape index (κ1) is 20.9. The summed E-state index contributed by atoms with van der Waals surface area (Å²) < 4.78 is 5.42. The number of anilines is 2. The normalized spacial score (nSPS) is 18.7. The summed E-state index contributed by atoms with van der Waals surface area (Å²) in [6, 6.07) is 13.4. The fraction of sp³-hybridized carbons (Fsp3) is 0.417. The average Bonchev–Trinajstić information content (AvgIpc) is 2.72. The molecular formula is C24H30N2O3. The molecule has 154 valence electrons. The van der Waals surface area contributed by atoms with Gasteiger partial charge in [-0.2, -0.15) is 0 Å². The Morgan fingerprint density at radius 3 is 1.90 bits per heavy atom. The molecule has 2 amide bonds. The summed E-state index contributed by atoms with van der Waals surface area (Å²) in [7, 11) is 0. The number of carbonyl (C=O) groups excluding carboxylic acids is 2. The highest BCUT2D eigenvalue weighted by molar-refractivity contribution is 5.95. The van der Waals surface area contributed by atoms with E-state index >= 15 is 0 Å². The Balaban J connectivity index is 1.50. The van der Waals surface area contributed by atoms with E-state index in [1.165, 1.54) is 0 Å². The van der Waals surface area contributed by atoms with Crippen LogP contribution in [0.5, 0.6) is 5.75 Å². The zero-order valence-corrected chi connectivity index (χ0v) is 17.5. The molecule has 5 heteroatoms. The Labute approximate surface area is 172 Å². The van der Waals surface area contributed by atoms with Crippen LogP contribution in [0.4, 0.5) is 11.4 Å². The summed E-state index contributed by atoms with van der Waals surface area (Å²) in [6.45, 7) is 6.57. The van der Waals surface area contributed by atoms with Gasteiger partial charge in [-0.25, -0.2) is 0 Å². The maximum atomic E-state index is 12.7. The molecule has 0 aliphatic heterocycles. The van der Waals surface area contributed by atoms with Crippen molar-refractivity contribution in [3.8, 4) is 5.75 Å². The van der Waals surface area contributed by atoms with Gasteiger partial charge in [0.2, 0.25) is 11.8 Å². The molecule has 29 heavy (non-hydrogen) atoms. The van der Waals surface area contributed by atoms with Gasteiger partial charge < -0.3 is 15.4 Å². The lowest BCUT2D eigenvalue weighted by Crippen LogP contribution is -2.32. The minimum atomic E-state index is -0.0502. The Kier molecular flexibility index (Phi) is 6.91. The van der Waals surface area contributed by atoms with Gasteiger partial charge in [-0.05, 0) is 81.8 Å². The first-order valence-electron chi connectivity index (χ1n) is 10.4. The molecule has 2 aromatic carbocycles. The first-order valence-corrected chi connectivity index (χ1v) is 10.4. The van der Waals surface area contributed by atoms with Gasteiger partial charge in [0, 0.05) is 23.2 Å². The summed E-state index contributed by atoms with van der Waals surface area (Å²) >= 11 is 0. The largest absolute Gasteiger partial charge is 0.494 e. The number of benzene rings is 2. The summed E-state index contributed by atoms with van der Waals surface area (Å²) in [5.74, 6) is 0.797. The number of para-hydroxylation sites is 1. The number of rotatable bonds is 6. The molecule has 0 atom stereocenters. The van der Waals surface area contributed by atoms with Gasteiger partial charge in [-0.3, -0.25) is 9.59 Å². The number of nitrogens with one attached hydrogen (secondary N) is 2. The van der Waals surface area contributed by atoms with Crippen LogP contribution < -0.4 is 15.4 Å². The third-order valence-corrected chi connectivity index (χ3v) is 5.63. The molecule has 0 bridgehead atoms. The van der Waals surface area contributed by atoms with Crippen molar-refractivity contribution >= 4 is 23.2 Å². The number of amides is 2. The van der Waals surface area contributed by atoms with Gasteiger partial charge in [-0.1, -0.05) is 18.2 Å². The molecule has 3 rings (SSSR count). The number of aryl methyl sites for hydroxylation is 2. The molecule has 0 radical (unpaired) electrons. The Morgan fingerprint density at radius 1 is 0.862 bits per heavy atom. The first-order chi connectivity index (χ1) is 14.0. The van der Waals surface area contributed by atoms with Crippen LogP contribution in [0.15, 0.2) is 42.5 Å². The van der Waals surface area contributed by atoms with E-state index in [1.54, 1.807) is 0 Å². The van der Waals surface area contributed by atoms with E-state index in [1.807, 2.05) is 63.2 Å². The van der Waals surface area contributed by atoms with Crippen LogP contribution >= 0.6 is 0 Å². The molecule has 1 fully saturated rings. The second-order valence-electron chi connectivity index (χ2n) is 7.75. The van der Waals surface area contributed by atoms with Crippen LogP contribution in [0, 0.1) is 25.7 Å². The number of hydrogen-bond acceptors (Lipinski definition) is 3. The van der Waals surface area contributed by atoms with Crippen molar-refractivity contribution in [3.05, 3.63) is 53.6 Å². The summed E-state index contributed by atoms with van der Waals surface area (Å²) in [6.07, 6.45) is 2.93. The van der Waals surface area contributed by atoms with Crippen molar-refractivity contribution in [1.82, 2.24) is 0 Å². The third-order valence-electron chi connectivity index (χ3n) is 5.63. The lowest BCUT2D eigenvalue weighted by molar-refractivity contribution is -0.125. The van der Waals surface area contributed by atoms with Gasteiger partial charge >= 0.3 is 0 Å². The van der Waals surface area contributed by atoms with Crippen molar-refractivity contribution in [2.45, 2.75) is 46.5 Å². The SMILES string of the molecule is CCOc1ccc(NC(=O)C2CCC(C(=O)Nc3c(C)cccc3C)CC2)cc1. The highest BCUT2D eigenvalue weighted by Crippen LogP contribution is 2.31. The topological polar surface area (TPSA) is 67.4 Å². The summed E-state index contributed by atoms with van der Waals surface area (Å²) in [5.41, 5.74) is 3.82. The fourth-order valence-electron chi connectivity index (χ4n) is 3.90. The molecule has 1 saturated carbocycles. The molecule has 0 saturated heterocycles. The highest BCUT2D eigenvalue weighted by Gasteiger charge is 2.30. The number of carbonyl (C=O) groups is 2. The smallest absolute Gasteiger partial charge is 0.227 e. The van der Waals surface area contributed by atoms with Crippen molar-refractivity contribution < 1.29 is 14.3 Å². The van der Waals surface area contributed by atoms with E-state index in [0.29, 0.717) is 6.61 Å². The second-order valence-corrected chi connectivity index (χ2v) is 7.75. The fourth-order valence-corrected chi connectivity index (χ4v) is 3.90. The van der Waals surface area contributed by atoms with Crippen LogP contribution in [0.1, 0.15) is 43.7 Å². The van der Waals surface area contributed by atoms with E-state index < -0.39 is 0 Å². The van der Waals surface area contributed by atoms with Crippen LogP contribution in [0.2, 0.25) is 0 Å². The molecule has 2 N–H and O–H groups in total. The predicted octanol–water partition coefficient (Wildman–Crippen LogP) is 5.09. The molecule has 0 unspecified atom stereocenters. The lowest BCUT2D eigenvalue weighted by atomic mass is 9.81. The van der Waals surface area contributed by atoms with Crippen LogP contribution in [0.3, 0.4) is 0 Å². The maximum absolute atomic E-state index is 12.7. The zero-order chi connectivity index (χ0) is 20.8. The zero-order valence-electron chi connectivity index (χ0n) is 17.5. The van der Waals surface area contributed by atoms with Crippen molar-refractivity contribution in [2.75, 3.05) is 17.2 Å². The molecule has 0 heterocycles. The summed E-state index contributed by atoms with van der Waals surface area (Å²) in [5, 5.41) is 6.08. The van der Waals surface area contributed by atoms with Crippen LogP contribution in [-0.4, -0.2) is 18.4 Å². The average molecular weight is 395 g/mol. The van der Waals surface area contributed by atoms with E-state index in [9.17, 15) is 9.59 Å². The Bertz CT molecular complexity index is 833. The molecule has 0 spiro atoms. The van der Waals surface area contributed by atoms with E-state index in [-0.39, 0.29) is 23.7 Å². The quantitative estimate of drug-likeness (QED) is 0.717. The molecule has 1 aliphatic carbocycles. The molecular weight excluding hydrogens is 364 g/mol. The summed E-state index contributed by atoms with van der Waals surface area (Å²) in [4.78, 5) is 25.3. The van der Waals surface area contributed by atoms with Crippen LogP contribution in [0.25, 0.3) is 0 Å². The van der Waals surface area contributed by atoms with Gasteiger partial charge in [0.25, 0.3) is 0 Å². The van der Waals surface area contributed by atoms with Gasteiger partial charge in [0.1, 0.15) is 5.75 Å².